The minimum atomic E-state index is -4.52. The first-order valence-electron chi connectivity index (χ1n) is 13.5. The molecule has 36 heavy (non-hydrogen) atoms. The number of ether oxygens (including phenoxy) is 1. The summed E-state index contributed by atoms with van der Waals surface area (Å²) in [7, 11) is -2.98. The number of carbonyl (C=O) groups is 1. The Labute approximate surface area is 213 Å². The van der Waals surface area contributed by atoms with Crippen LogP contribution >= 0.6 is 0 Å². The fraction of sp³-hybridized carbons (Fsp3) is 0.615. The summed E-state index contributed by atoms with van der Waals surface area (Å²) in [6.07, 6.45) is -2.25. The summed E-state index contributed by atoms with van der Waals surface area (Å²) in [5.41, 5.74) is -3.77. The SMILES string of the molecule is [2H]C([2H])([2H])Oc1cc(CC(C)(C)C(F)(F)F)ccc1-n1c(CC)nc(C(=O)NCC2(O)CCC(C)CC2)c1F. The molecule has 1 aliphatic rings. The molecule has 200 valence electrons. The van der Waals surface area contributed by atoms with Crippen LogP contribution in [0.4, 0.5) is 17.6 Å². The van der Waals surface area contributed by atoms with Gasteiger partial charge in [-0.05, 0) is 55.7 Å². The Balaban J connectivity index is 1.97. The van der Waals surface area contributed by atoms with Gasteiger partial charge in [-0.1, -0.05) is 33.8 Å². The Morgan fingerprint density at radius 1 is 1.33 bits per heavy atom. The first-order chi connectivity index (χ1) is 17.9. The minimum absolute atomic E-state index is 0.0709. The summed E-state index contributed by atoms with van der Waals surface area (Å²) in [6, 6.07) is 3.71. The van der Waals surface area contributed by atoms with E-state index in [2.05, 4.69) is 17.2 Å². The van der Waals surface area contributed by atoms with E-state index in [-0.39, 0.29) is 35.8 Å². The molecular formula is C26H35F4N3O3. The van der Waals surface area contributed by atoms with E-state index in [1.807, 2.05) is 0 Å². The molecule has 1 fully saturated rings. The van der Waals surface area contributed by atoms with E-state index in [0.29, 0.717) is 18.8 Å². The maximum atomic E-state index is 15.7. The lowest BCUT2D eigenvalue weighted by Gasteiger charge is -2.34. The van der Waals surface area contributed by atoms with Crippen molar-refractivity contribution < 1.29 is 36.3 Å². The standard InChI is InChI=1S/C26H35F4N3O3/c1-6-20-32-21(23(34)31-15-25(35)11-9-16(2)10-12-25)22(27)33(20)18-8-7-17(13-19(18)36-5)14-24(3,4)26(28,29)30/h7-8,13,16,35H,6,9-12,14-15H2,1-5H3,(H,31,34)/i5D3. The summed E-state index contributed by atoms with van der Waals surface area (Å²) < 4.78 is 84.6. The highest BCUT2D eigenvalue weighted by atomic mass is 19.4. The van der Waals surface area contributed by atoms with Gasteiger partial charge < -0.3 is 15.2 Å². The Morgan fingerprint density at radius 2 is 2.00 bits per heavy atom. The summed E-state index contributed by atoms with van der Waals surface area (Å²) in [6.45, 7) is 5.69. The van der Waals surface area contributed by atoms with Crippen LogP contribution in [0.1, 0.15) is 79.4 Å². The zero-order valence-electron chi connectivity index (χ0n) is 23.9. The van der Waals surface area contributed by atoms with E-state index in [0.717, 1.165) is 37.3 Å². The maximum absolute atomic E-state index is 15.7. The highest BCUT2D eigenvalue weighted by Crippen LogP contribution is 2.41. The normalized spacial score (nSPS) is 22.5. The second-order valence-corrected chi connectivity index (χ2v) is 10.4. The van der Waals surface area contributed by atoms with Crippen molar-refractivity contribution in [3.05, 3.63) is 41.2 Å². The molecule has 6 nitrogen and oxygen atoms in total. The van der Waals surface area contributed by atoms with E-state index in [9.17, 15) is 23.1 Å². The van der Waals surface area contributed by atoms with Crippen molar-refractivity contribution in [3.8, 4) is 11.4 Å². The molecule has 0 bridgehead atoms. The molecule has 0 spiro atoms. The van der Waals surface area contributed by atoms with Crippen molar-refractivity contribution in [2.75, 3.05) is 13.6 Å². The van der Waals surface area contributed by atoms with Gasteiger partial charge in [0, 0.05) is 13.0 Å². The van der Waals surface area contributed by atoms with Crippen LogP contribution < -0.4 is 10.1 Å². The molecule has 0 aliphatic heterocycles. The molecule has 0 radical (unpaired) electrons. The van der Waals surface area contributed by atoms with Gasteiger partial charge in [-0.15, -0.1) is 0 Å². The van der Waals surface area contributed by atoms with E-state index < -0.39 is 48.2 Å². The monoisotopic (exact) mass is 516 g/mol. The fourth-order valence-electron chi connectivity index (χ4n) is 4.42. The summed E-state index contributed by atoms with van der Waals surface area (Å²) in [5, 5.41) is 13.3. The van der Waals surface area contributed by atoms with E-state index >= 15 is 4.39 Å². The number of hydrogen-bond donors (Lipinski definition) is 2. The Hall–Kier alpha value is -2.62. The highest BCUT2D eigenvalue weighted by Gasteiger charge is 2.47. The number of nitrogens with one attached hydrogen (secondary N) is 1. The van der Waals surface area contributed by atoms with E-state index in [4.69, 9.17) is 8.85 Å². The molecule has 1 aliphatic carbocycles. The van der Waals surface area contributed by atoms with Gasteiger partial charge in [-0.3, -0.25) is 9.36 Å². The van der Waals surface area contributed by atoms with Crippen LogP contribution in [0.2, 0.25) is 0 Å². The lowest BCUT2D eigenvalue weighted by molar-refractivity contribution is -0.211. The molecule has 1 saturated carbocycles. The molecule has 1 aromatic heterocycles. The molecule has 1 amide bonds. The van der Waals surface area contributed by atoms with Crippen LogP contribution in [0.15, 0.2) is 18.2 Å². The van der Waals surface area contributed by atoms with Crippen molar-refractivity contribution in [2.24, 2.45) is 11.3 Å². The number of aromatic nitrogens is 2. The second kappa shape index (κ2) is 10.4. The Morgan fingerprint density at radius 3 is 2.58 bits per heavy atom. The van der Waals surface area contributed by atoms with Crippen molar-refractivity contribution in [1.82, 2.24) is 14.9 Å². The maximum Gasteiger partial charge on any atom is 0.394 e. The van der Waals surface area contributed by atoms with E-state index in [1.165, 1.54) is 12.1 Å². The zero-order chi connectivity index (χ0) is 29.4. The third kappa shape index (κ3) is 5.85. The van der Waals surface area contributed by atoms with Crippen LogP contribution in [0, 0.1) is 17.3 Å². The lowest BCUT2D eigenvalue weighted by Crippen LogP contribution is -2.45. The van der Waals surface area contributed by atoms with Gasteiger partial charge in [-0.2, -0.15) is 17.6 Å². The van der Waals surface area contributed by atoms with E-state index in [1.54, 1.807) is 6.92 Å². The van der Waals surface area contributed by atoms with Gasteiger partial charge in [0.25, 0.3) is 5.91 Å². The fourth-order valence-corrected chi connectivity index (χ4v) is 4.42. The topological polar surface area (TPSA) is 76.4 Å². The average Bonchev–Trinajstić information content (AvgIpc) is 3.14. The number of carbonyl (C=O) groups excluding carboxylic acids is 1. The molecule has 0 atom stereocenters. The lowest BCUT2D eigenvalue weighted by atomic mass is 9.79. The molecule has 10 heteroatoms. The number of amides is 1. The number of rotatable bonds is 8. The van der Waals surface area contributed by atoms with Crippen LogP contribution in [0.25, 0.3) is 5.69 Å². The first-order valence-corrected chi connectivity index (χ1v) is 12.0. The van der Waals surface area contributed by atoms with Gasteiger partial charge in [0.1, 0.15) is 11.6 Å². The number of nitrogens with zero attached hydrogens (tertiary/aromatic N) is 2. The number of imidazole rings is 1. The molecule has 2 aromatic rings. The number of benzene rings is 1. The molecule has 3 rings (SSSR count). The molecule has 0 saturated heterocycles. The highest BCUT2D eigenvalue weighted by molar-refractivity contribution is 5.92. The van der Waals surface area contributed by atoms with Crippen molar-refractivity contribution in [2.45, 2.75) is 78.0 Å². The number of hydrogen-bond acceptors (Lipinski definition) is 4. The predicted molar refractivity (Wildman–Crippen MR) is 128 cm³/mol. The Bertz CT molecular complexity index is 1190. The smallest absolute Gasteiger partial charge is 0.394 e. The summed E-state index contributed by atoms with van der Waals surface area (Å²) in [4.78, 5) is 17.0. The minimum Gasteiger partial charge on any atom is -0.495 e. The molecule has 0 unspecified atom stereocenters. The van der Waals surface area contributed by atoms with Gasteiger partial charge in [-0.25, -0.2) is 4.98 Å². The predicted octanol–water partition coefficient (Wildman–Crippen LogP) is 5.38. The molecule has 1 aromatic carbocycles. The number of aliphatic hydroxyl groups is 1. The van der Waals surface area contributed by atoms with Crippen molar-refractivity contribution in [1.29, 1.82) is 0 Å². The zero-order valence-corrected chi connectivity index (χ0v) is 20.9. The number of methoxy groups -OCH3 is 1. The van der Waals surface area contributed by atoms with Gasteiger partial charge in [0.05, 0.1) is 27.9 Å². The third-order valence-electron chi connectivity index (χ3n) is 6.99. The first kappa shape index (κ1) is 23.8. The number of halogens is 4. The number of alkyl halides is 3. The van der Waals surface area contributed by atoms with Gasteiger partial charge in [0.15, 0.2) is 5.69 Å². The molecule has 2 N–H and O–H groups in total. The van der Waals surface area contributed by atoms with Crippen LogP contribution in [-0.4, -0.2) is 45.9 Å². The second-order valence-electron chi connectivity index (χ2n) is 10.4. The third-order valence-corrected chi connectivity index (χ3v) is 6.99. The molecular weight excluding hydrogens is 478 g/mol. The quantitative estimate of drug-likeness (QED) is 0.462. The Kier molecular flexibility index (Phi) is 6.86. The summed E-state index contributed by atoms with van der Waals surface area (Å²) >= 11 is 0. The van der Waals surface area contributed by atoms with Crippen molar-refractivity contribution in [3.63, 3.8) is 0 Å². The number of aryl methyl sites for hydroxylation is 1. The van der Waals surface area contributed by atoms with Gasteiger partial charge >= 0.3 is 6.18 Å². The molecule has 1 heterocycles. The van der Waals surface area contributed by atoms with Crippen molar-refractivity contribution >= 4 is 5.91 Å². The van der Waals surface area contributed by atoms with Gasteiger partial charge in [0.2, 0.25) is 5.95 Å². The van der Waals surface area contributed by atoms with Crippen LogP contribution in [0.5, 0.6) is 5.75 Å². The summed E-state index contributed by atoms with van der Waals surface area (Å²) in [5.74, 6) is -1.78. The largest absolute Gasteiger partial charge is 0.495 e. The average molecular weight is 517 g/mol. The van der Waals surface area contributed by atoms with Crippen LogP contribution in [-0.2, 0) is 12.8 Å². The van der Waals surface area contributed by atoms with Crippen LogP contribution in [0.3, 0.4) is 0 Å².